The average molecular weight is 338 g/mol. The van der Waals surface area contributed by atoms with Gasteiger partial charge in [0.15, 0.2) is 0 Å². The third kappa shape index (κ3) is 2.80. The molecule has 3 aromatic rings. The molecule has 1 unspecified atom stereocenters. The molecule has 4 heteroatoms. The van der Waals surface area contributed by atoms with Gasteiger partial charge in [0, 0.05) is 22.0 Å². The summed E-state index contributed by atoms with van der Waals surface area (Å²) in [6.07, 6.45) is 4.18. The Morgan fingerprint density at radius 1 is 1.17 bits per heavy atom. The van der Waals surface area contributed by atoms with E-state index in [4.69, 9.17) is 0 Å². The number of likely N-dealkylation sites (tertiary alicyclic amines) is 1. The van der Waals surface area contributed by atoms with Crippen molar-refractivity contribution in [2.45, 2.75) is 25.8 Å². The number of nitrogens with zero attached hydrogens (tertiary/aromatic N) is 2. The first-order valence-corrected chi connectivity index (χ1v) is 9.46. The van der Waals surface area contributed by atoms with E-state index in [1.807, 2.05) is 12.1 Å². The van der Waals surface area contributed by atoms with Crippen LogP contribution in [0.2, 0.25) is 0 Å². The number of thiophene rings is 1. The van der Waals surface area contributed by atoms with Gasteiger partial charge in [-0.25, -0.2) is 0 Å². The van der Waals surface area contributed by atoms with Gasteiger partial charge in [0.25, 0.3) is 0 Å². The summed E-state index contributed by atoms with van der Waals surface area (Å²) in [5.74, 6) is 1.11. The van der Waals surface area contributed by atoms with Crippen LogP contribution in [-0.4, -0.2) is 28.1 Å². The van der Waals surface area contributed by atoms with Crippen LogP contribution in [-0.2, 0) is 0 Å². The summed E-state index contributed by atoms with van der Waals surface area (Å²) in [6, 6.07) is 12.4. The molecular weight excluding hydrogens is 316 g/mol. The smallest absolute Gasteiger partial charge is 0.146 e. The van der Waals surface area contributed by atoms with E-state index in [0.29, 0.717) is 11.3 Å². The number of phenolic OH excluding ortho intramolecular Hbond substituents is 1. The molecule has 1 aliphatic heterocycles. The van der Waals surface area contributed by atoms with Gasteiger partial charge in [-0.2, -0.15) is 0 Å². The van der Waals surface area contributed by atoms with Crippen LogP contribution in [0, 0.1) is 5.92 Å². The largest absolute Gasteiger partial charge is 0.505 e. The van der Waals surface area contributed by atoms with Crippen molar-refractivity contribution in [1.82, 2.24) is 9.88 Å². The van der Waals surface area contributed by atoms with E-state index in [9.17, 15) is 5.11 Å². The van der Waals surface area contributed by atoms with Crippen molar-refractivity contribution in [3.8, 4) is 5.75 Å². The molecule has 0 radical (unpaired) electrons. The Morgan fingerprint density at radius 2 is 2.00 bits per heavy atom. The van der Waals surface area contributed by atoms with Gasteiger partial charge >= 0.3 is 0 Å². The van der Waals surface area contributed by atoms with Crippen molar-refractivity contribution in [3.63, 3.8) is 0 Å². The van der Waals surface area contributed by atoms with Crippen LogP contribution >= 0.6 is 11.3 Å². The van der Waals surface area contributed by atoms with E-state index in [1.54, 1.807) is 17.5 Å². The number of benzene rings is 1. The lowest BCUT2D eigenvalue weighted by atomic mass is 9.94. The first-order valence-electron chi connectivity index (χ1n) is 8.58. The number of phenols is 1. The minimum absolute atomic E-state index is 0.115. The van der Waals surface area contributed by atoms with E-state index in [1.165, 1.54) is 17.7 Å². The van der Waals surface area contributed by atoms with Crippen molar-refractivity contribution in [2.75, 3.05) is 13.1 Å². The molecule has 1 fully saturated rings. The summed E-state index contributed by atoms with van der Waals surface area (Å²) in [7, 11) is 0. The number of pyridine rings is 1. The van der Waals surface area contributed by atoms with E-state index in [0.717, 1.165) is 30.0 Å². The highest BCUT2D eigenvalue weighted by Crippen LogP contribution is 2.40. The maximum Gasteiger partial charge on any atom is 0.146 e. The van der Waals surface area contributed by atoms with Crippen LogP contribution in [0.4, 0.5) is 0 Å². The van der Waals surface area contributed by atoms with Crippen LogP contribution in [0.1, 0.15) is 36.2 Å². The second-order valence-electron chi connectivity index (χ2n) is 6.71. The molecule has 1 aliphatic rings. The lowest BCUT2D eigenvalue weighted by Gasteiger charge is -2.36. The lowest BCUT2D eigenvalue weighted by molar-refractivity contribution is 0.158. The predicted octanol–water partition coefficient (Wildman–Crippen LogP) is 4.82. The average Bonchev–Trinajstić information content (AvgIpc) is 3.13. The molecule has 4 rings (SSSR count). The third-order valence-electron chi connectivity index (χ3n) is 5.07. The van der Waals surface area contributed by atoms with Crippen molar-refractivity contribution >= 4 is 22.2 Å². The molecular formula is C20H22N2OS. The number of hydrogen-bond donors (Lipinski definition) is 1. The molecule has 0 bridgehead atoms. The number of rotatable bonds is 3. The lowest BCUT2D eigenvalue weighted by Crippen LogP contribution is -2.36. The van der Waals surface area contributed by atoms with Crippen molar-refractivity contribution in [3.05, 3.63) is 58.4 Å². The fourth-order valence-electron chi connectivity index (χ4n) is 3.63. The topological polar surface area (TPSA) is 36.4 Å². The second-order valence-corrected chi connectivity index (χ2v) is 7.69. The number of aromatic nitrogens is 1. The Labute approximate surface area is 146 Å². The highest BCUT2D eigenvalue weighted by atomic mass is 32.1. The van der Waals surface area contributed by atoms with Gasteiger partial charge in [0.2, 0.25) is 0 Å². The van der Waals surface area contributed by atoms with Gasteiger partial charge in [-0.3, -0.25) is 9.88 Å². The molecule has 3 nitrogen and oxygen atoms in total. The molecule has 0 aliphatic carbocycles. The first-order chi connectivity index (χ1) is 11.7. The quantitative estimate of drug-likeness (QED) is 0.743. The van der Waals surface area contributed by atoms with Crippen LogP contribution in [0.25, 0.3) is 10.9 Å². The fourth-order valence-corrected chi connectivity index (χ4v) is 4.51. The minimum atomic E-state index is 0.115. The molecule has 0 amide bonds. The van der Waals surface area contributed by atoms with E-state index < -0.39 is 0 Å². The Hall–Kier alpha value is -1.91. The number of piperidine rings is 1. The van der Waals surface area contributed by atoms with Crippen LogP contribution in [0.5, 0.6) is 5.75 Å². The molecule has 24 heavy (non-hydrogen) atoms. The van der Waals surface area contributed by atoms with Crippen molar-refractivity contribution in [2.24, 2.45) is 5.92 Å². The highest BCUT2D eigenvalue weighted by molar-refractivity contribution is 7.10. The highest BCUT2D eigenvalue weighted by Gasteiger charge is 2.29. The maximum atomic E-state index is 10.9. The summed E-state index contributed by atoms with van der Waals surface area (Å²) in [5, 5.41) is 14.0. The third-order valence-corrected chi connectivity index (χ3v) is 5.99. The molecule has 3 heterocycles. The zero-order valence-electron chi connectivity index (χ0n) is 13.9. The van der Waals surface area contributed by atoms with Crippen LogP contribution < -0.4 is 0 Å². The molecule has 1 saturated heterocycles. The molecule has 0 saturated carbocycles. The molecule has 0 spiro atoms. The SMILES string of the molecule is CC1CCN(C(c2cccs2)c2ccc3cccnc3c2O)CC1. The zero-order chi connectivity index (χ0) is 16.5. The van der Waals surface area contributed by atoms with Gasteiger partial charge < -0.3 is 5.11 Å². The number of fused-ring (bicyclic) bond motifs is 1. The summed E-state index contributed by atoms with van der Waals surface area (Å²) >= 11 is 1.76. The van der Waals surface area contributed by atoms with Crippen LogP contribution in [0.15, 0.2) is 48.0 Å². The monoisotopic (exact) mass is 338 g/mol. The number of aromatic hydroxyl groups is 1. The van der Waals surface area contributed by atoms with Crippen molar-refractivity contribution < 1.29 is 5.11 Å². The van der Waals surface area contributed by atoms with Gasteiger partial charge in [-0.1, -0.05) is 31.2 Å². The van der Waals surface area contributed by atoms with Gasteiger partial charge in [0.05, 0.1) is 6.04 Å². The zero-order valence-corrected chi connectivity index (χ0v) is 14.7. The van der Waals surface area contributed by atoms with Gasteiger partial charge in [0.1, 0.15) is 11.3 Å². The van der Waals surface area contributed by atoms with Gasteiger partial charge in [-0.05, 0) is 49.4 Å². The standard InChI is InChI=1S/C20H22N2OS/c1-14-8-11-22(12-9-14)19(17-5-3-13-24-17)16-7-6-15-4-2-10-21-18(15)20(16)23/h2-7,10,13-14,19,23H,8-9,11-12H2,1H3. The van der Waals surface area contributed by atoms with E-state index in [2.05, 4.69) is 46.5 Å². The first kappa shape index (κ1) is 15.6. The van der Waals surface area contributed by atoms with E-state index >= 15 is 0 Å². The maximum absolute atomic E-state index is 10.9. The molecule has 2 aromatic heterocycles. The summed E-state index contributed by atoms with van der Waals surface area (Å²) < 4.78 is 0. The van der Waals surface area contributed by atoms with Crippen molar-refractivity contribution in [1.29, 1.82) is 0 Å². The Morgan fingerprint density at radius 3 is 2.75 bits per heavy atom. The van der Waals surface area contributed by atoms with Crippen LogP contribution in [0.3, 0.4) is 0 Å². The fraction of sp³-hybridized carbons (Fsp3) is 0.350. The Balaban J connectivity index is 1.80. The molecule has 1 N–H and O–H groups in total. The Kier molecular flexibility index (Phi) is 4.25. The summed E-state index contributed by atoms with van der Waals surface area (Å²) in [6.45, 7) is 4.47. The second kappa shape index (κ2) is 6.54. The molecule has 124 valence electrons. The minimum Gasteiger partial charge on any atom is -0.505 e. The summed E-state index contributed by atoms with van der Waals surface area (Å²) in [5.41, 5.74) is 1.67. The Bertz CT molecular complexity index is 823. The normalized spacial score (nSPS) is 18.0. The van der Waals surface area contributed by atoms with E-state index in [-0.39, 0.29) is 6.04 Å². The number of hydrogen-bond acceptors (Lipinski definition) is 4. The molecule has 1 aromatic carbocycles. The predicted molar refractivity (Wildman–Crippen MR) is 99.5 cm³/mol. The summed E-state index contributed by atoms with van der Waals surface area (Å²) in [4.78, 5) is 8.19. The van der Waals surface area contributed by atoms with Gasteiger partial charge in [-0.15, -0.1) is 11.3 Å². The molecule has 1 atom stereocenters.